The Morgan fingerprint density at radius 2 is 1.50 bits per heavy atom. The number of carbonyl (C=O) groups is 2. The van der Waals surface area contributed by atoms with Crippen molar-refractivity contribution in [3.63, 3.8) is 0 Å². The van der Waals surface area contributed by atoms with Crippen LogP contribution in [0.3, 0.4) is 0 Å². The van der Waals surface area contributed by atoms with Crippen molar-refractivity contribution in [2.24, 2.45) is 0 Å². The molecule has 2 amide bonds. The molecular formula is C20H23N3O4S. The number of hydrogen-bond donors (Lipinski definition) is 3. The van der Waals surface area contributed by atoms with E-state index in [9.17, 15) is 9.59 Å². The molecule has 2 aromatic rings. The predicted molar refractivity (Wildman–Crippen MR) is 110 cm³/mol. The van der Waals surface area contributed by atoms with Gasteiger partial charge in [0.25, 0.3) is 5.91 Å². The molecule has 0 aliphatic carbocycles. The van der Waals surface area contributed by atoms with E-state index < -0.39 is 5.91 Å². The van der Waals surface area contributed by atoms with E-state index in [1.807, 2.05) is 24.3 Å². The molecule has 7 nitrogen and oxygen atoms in total. The predicted octanol–water partition coefficient (Wildman–Crippen LogP) is 1.90. The highest BCUT2D eigenvalue weighted by Gasteiger charge is 2.08. The molecule has 28 heavy (non-hydrogen) atoms. The molecule has 0 aromatic heterocycles. The standard InChI is InChI=1S/C20H23N3O4S/c1-3-14-4-10-17(11-5-14)27-13-19(25)21-20(28)23-22-18(24)12-15-6-8-16(26-2)9-7-15/h4-11H,3,12-13H2,1-2H3,(H,22,24)(H2,21,23,25,28). The Bertz CT molecular complexity index is 807. The van der Waals surface area contributed by atoms with Crippen LogP contribution in [0, 0.1) is 0 Å². The Morgan fingerprint density at radius 3 is 2.11 bits per heavy atom. The minimum Gasteiger partial charge on any atom is -0.497 e. The number of ether oxygens (including phenoxy) is 2. The highest BCUT2D eigenvalue weighted by molar-refractivity contribution is 7.80. The first-order valence-corrected chi connectivity index (χ1v) is 9.14. The van der Waals surface area contributed by atoms with Crippen molar-refractivity contribution in [2.75, 3.05) is 13.7 Å². The number of methoxy groups -OCH3 is 1. The van der Waals surface area contributed by atoms with Crippen LogP contribution >= 0.6 is 12.2 Å². The number of nitrogens with one attached hydrogen (secondary N) is 3. The fourth-order valence-electron chi connectivity index (χ4n) is 2.26. The van der Waals surface area contributed by atoms with Gasteiger partial charge in [0.2, 0.25) is 5.91 Å². The van der Waals surface area contributed by atoms with E-state index in [4.69, 9.17) is 21.7 Å². The van der Waals surface area contributed by atoms with Crippen molar-refractivity contribution >= 4 is 29.1 Å². The molecule has 0 radical (unpaired) electrons. The number of carbonyl (C=O) groups excluding carboxylic acids is 2. The highest BCUT2D eigenvalue weighted by atomic mass is 32.1. The van der Waals surface area contributed by atoms with Crippen molar-refractivity contribution in [3.05, 3.63) is 59.7 Å². The average Bonchev–Trinajstić information content (AvgIpc) is 2.71. The maximum Gasteiger partial charge on any atom is 0.264 e. The molecule has 0 saturated heterocycles. The third-order valence-corrected chi connectivity index (χ3v) is 4.00. The van der Waals surface area contributed by atoms with Crippen molar-refractivity contribution in [3.8, 4) is 11.5 Å². The van der Waals surface area contributed by atoms with Gasteiger partial charge in [-0.2, -0.15) is 0 Å². The summed E-state index contributed by atoms with van der Waals surface area (Å²) in [6.45, 7) is 1.88. The number of hydrogen-bond acceptors (Lipinski definition) is 5. The lowest BCUT2D eigenvalue weighted by Crippen LogP contribution is -2.49. The van der Waals surface area contributed by atoms with Crippen LogP contribution in [0.5, 0.6) is 11.5 Å². The summed E-state index contributed by atoms with van der Waals surface area (Å²) in [6.07, 6.45) is 1.09. The maximum atomic E-state index is 11.9. The Hall–Kier alpha value is -3.13. The van der Waals surface area contributed by atoms with Crippen molar-refractivity contribution in [1.82, 2.24) is 16.2 Å². The Kier molecular flexibility index (Phi) is 8.23. The summed E-state index contributed by atoms with van der Waals surface area (Å²) in [6, 6.07) is 14.6. The number of amides is 2. The summed E-state index contributed by atoms with van der Waals surface area (Å²) in [4.78, 5) is 23.8. The molecule has 0 heterocycles. The first kappa shape index (κ1) is 21.2. The minimum atomic E-state index is -0.429. The fraction of sp³-hybridized carbons (Fsp3) is 0.250. The third kappa shape index (κ3) is 7.24. The van der Waals surface area contributed by atoms with Crippen LogP contribution in [0.2, 0.25) is 0 Å². The van der Waals surface area contributed by atoms with E-state index in [1.54, 1.807) is 31.4 Å². The average molecular weight is 401 g/mol. The van der Waals surface area contributed by atoms with Crippen LogP contribution in [0.25, 0.3) is 0 Å². The lowest BCUT2D eigenvalue weighted by molar-refractivity contribution is -0.122. The smallest absolute Gasteiger partial charge is 0.264 e. The van der Waals surface area contributed by atoms with E-state index in [2.05, 4.69) is 23.1 Å². The van der Waals surface area contributed by atoms with Gasteiger partial charge in [-0.3, -0.25) is 25.8 Å². The second-order valence-corrected chi connectivity index (χ2v) is 6.27. The van der Waals surface area contributed by atoms with Gasteiger partial charge in [0.1, 0.15) is 11.5 Å². The van der Waals surface area contributed by atoms with Crippen LogP contribution < -0.4 is 25.6 Å². The zero-order chi connectivity index (χ0) is 20.4. The van der Waals surface area contributed by atoms with Gasteiger partial charge in [-0.25, -0.2) is 0 Å². The topological polar surface area (TPSA) is 88.7 Å². The number of aryl methyl sites for hydroxylation is 1. The lowest BCUT2D eigenvalue weighted by atomic mass is 10.1. The van der Waals surface area contributed by atoms with Crippen LogP contribution in [-0.4, -0.2) is 30.6 Å². The van der Waals surface area contributed by atoms with Crippen molar-refractivity contribution in [2.45, 2.75) is 19.8 Å². The largest absolute Gasteiger partial charge is 0.497 e. The first-order chi connectivity index (χ1) is 13.5. The Labute approximate surface area is 169 Å². The highest BCUT2D eigenvalue weighted by Crippen LogP contribution is 2.12. The van der Waals surface area contributed by atoms with Crippen LogP contribution in [0.15, 0.2) is 48.5 Å². The molecule has 0 fully saturated rings. The summed E-state index contributed by atoms with van der Waals surface area (Å²) in [5.74, 6) is 0.587. The second kappa shape index (κ2) is 10.9. The summed E-state index contributed by atoms with van der Waals surface area (Å²) < 4.78 is 10.5. The van der Waals surface area contributed by atoms with Gasteiger partial charge in [-0.1, -0.05) is 31.2 Å². The third-order valence-electron chi connectivity index (χ3n) is 3.79. The second-order valence-electron chi connectivity index (χ2n) is 5.86. The van der Waals surface area contributed by atoms with Gasteiger partial charge in [0.05, 0.1) is 13.5 Å². The molecule has 0 bridgehead atoms. The Balaban J connectivity index is 1.67. The maximum absolute atomic E-state index is 11.9. The fourth-order valence-corrected chi connectivity index (χ4v) is 2.43. The zero-order valence-corrected chi connectivity index (χ0v) is 16.6. The normalized spacial score (nSPS) is 9.93. The monoisotopic (exact) mass is 401 g/mol. The van der Waals surface area contributed by atoms with E-state index in [-0.39, 0.29) is 24.0 Å². The minimum absolute atomic E-state index is 0.0157. The van der Waals surface area contributed by atoms with Gasteiger partial charge in [0, 0.05) is 0 Å². The van der Waals surface area contributed by atoms with Gasteiger partial charge in [-0.05, 0) is 54.0 Å². The molecule has 8 heteroatoms. The molecule has 148 valence electrons. The molecule has 0 aliphatic rings. The lowest BCUT2D eigenvalue weighted by Gasteiger charge is -2.11. The summed E-state index contributed by atoms with van der Waals surface area (Å²) in [5, 5.41) is 2.42. The van der Waals surface area contributed by atoms with E-state index >= 15 is 0 Å². The molecule has 2 rings (SSSR count). The van der Waals surface area contributed by atoms with Crippen LogP contribution in [0.1, 0.15) is 18.1 Å². The van der Waals surface area contributed by atoms with E-state index in [0.717, 1.165) is 17.7 Å². The van der Waals surface area contributed by atoms with E-state index in [0.29, 0.717) is 5.75 Å². The quantitative estimate of drug-likeness (QED) is 0.485. The first-order valence-electron chi connectivity index (χ1n) is 8.73. The number of hydrazine groups is 1. The zero-order valence-electron chi connectivity index (χ0n) is 15.8. The molecular weight excluding hydrogens is 378 g/mol. The van der Waals surface area contributed by atoms with Gasteiger partial charge in [0.15, 0.2) is 11.7 Å². The van der Waals surface area contributed by atoms with Crippen LogP contribution in [-0.2, 0) is 22.4 Å². The summed E-state index contributed by atoms with van der Waals surface area (Å²) in [5.41, 5.74) is 6.93. The van der Waals surface area contributed by atoms with Gasteiger partial charge >= 0.3 is 0 Å². The SMILES string of the molecule is CCc1ccc(OCC(=O)NC(=S)NNC(=O)Cc2ccc(OC)cc2)cc1. The summed E-state index contributed by atoms with van der Waals surface area (Å²) in [7, 11) is 1.58. The molecule has 3 N–H and O–H groups in total. The Morgan fingerprint density at radius 1 is 0.893 bits per heavy atom. The molecule has 0 spiro atoms. The molecule has 2 aromatic carbocycles. The summed E-state index contributed by atoms with van der Waals surface area (Å²) >= 11 is 4.98. The number of thiocarbonyl (C=S) groups is 1. The van der Waals surface area contributed by atoms with Gasteiger partial charge in [-0.15, -0.1) is 0 Å². The molecule has 0 aliphatic heterocycles. The number of rotatable bonds is 7. The molecule has 0 unspecified atom stereocenters. The van der Waals surface area contributed by atoms with Crippen LogP contribution in [0.4, 0.5) is 0 Å². The van der Waals surface area contributed by atoms with Gasteiger partial charge < -0.3 is 9.47 Å². The van der Waals surface area contributed by atoms with Crippen molar-refractivity contribution < 1.29 is 19.1 Å². The van der Waals surface area contributed by atoms with E-state index in [1.165, 1.54) is 5.56 Å². The number of benzene rings is 2. The molecule has 0 atom stereocenters. The molecule has 0 saturated carbocycles. The van der Waals surface area contributed by atoms with Crippen molar-refractivity contribution in [1.29, 1.82) is 0 Å².